The molecule has 1 fully saturated rings. The number of rotatable bonds is 4. The number of sulfonamides is 1. The molecule has 6 nitrogen and oxygen atoms in total. The first kappa shape index (κ1) is 19.8. The molecule has 0 spiro atoms. The van der Waals surface area contributed by atoms with Crippen molar-refractivity contribution >= 4 is 48.3 Å². The summed E-state index contributed by atoms with van der Waals surface area (Å²) in [5.41, 5.74) is 2.17. The topological polar surface area (TPSA) is 70.8 Å². The second-order valence-corrected chi connectivity index (χ2v) is 11.5. The number of halogens is 1. The van der Waals surface area contributed by atoms with E-state index in [0.29, 0.717) is 42.5 Å². The van der Waals surface area contributed by atoms with Gasteiger partial charge in [-0.25, -0.2) is 13.2 Å². The highest BCUT2D eigenvalue weighted by molar-refractivity contribution is 9.11. The summed E-state index contributed by atoms with van der Waals surface area (Å²) >= 11 is 4.54. The first-order valence-corrected chi connectivity index (χ1v) is 11.9. The zero-order chi connectivity index (χ0) is 19.9. The maximum Gasteiger partial charge on any atom is 0.336 e. The molecular weight excluding hydrogens is 464 g/mol. The van der Waals surface area contributed by atoms with Crippen molar-refractivity contribution in [3.05, 3.63) is 61.7 Å². The normalized spacial score (nSPS) is 16.6. The van der Waals surface area contributed by atoms with Gasteiger partial charge in [-0.15, -0.1) is 11.3 Å². The molecule has 1 aliphatic heterocycles. The van der Waals surface area contributed by atoms with Crippen molar-refractivity contribution in [1.29, 1.82) is 0 Å². The van der Waals surface area contributed by atoms with E-state index in [2.05, 4.69) is 20.8 Å². The van der Waals surface area contributed by atoms with Gasteiger partial charge in [-0.1, -0.05) is 12.1 Å². The summed E-state index contributed by atoms with van der Waals surface area (Å²) in [7, 11) is -3.45. The van der Waals surface area contributed by atoms with Crippen LogP contribution in [0.5, 0.6) is 0 Å². The summed E-state index contributed by atoms with van der Waals surface area (Å²) in [6, 6.07) is 10.7. The van der Waals surface area contributed by atoms with Crippen LogP contribution in [0.3, 0.4) is 0 Å². The van der Waals surface area contributed by atoms with Crippen LogP contribution in [0.1, 0.15) is 11.1 Å². The van der Waals surface area contributed by atoms with Crippen molar-refractivity contribution in [3.8, 4) is 0 Å². The molecule has 3 heterocycles. The molecule has 1 aliphatic rings. The van der Waals surface area contributed by atoms with Crippen LogP contribution in [0.25, 0.3) is 11.0 Å². The molecule has 0 unspecified atom stereocenters. The number of fused-ring (bicyclic) bond motifs is 1. The van der Waals surface area contributed by atoms with E-state index in [1.807, 2.05) is 25.1 Å². The quantitative estimate of drug-likeness (QED) is 0.532. The number of aryl methyl sites for hydroxylation is 1. The van der Waals surface area contributed by atoms with Crippen molar-refractivity contribution in [2.24, 2.45) is 0 Å². The van der Waals surface area contributed by atoms with E-state index in [4.69, 9.17) is 4.42 Å². The fourth-order valence-electron chi connectivity index (χ4n) is 3.40. The Morgan fingerprint density at radius 2 is 1.86 bits per heavy atom. The Hall–Kier alpha value is -1.52. The standard InChI is InChI=1S/C19H19BrN2O4S2/c1-13-2-3-15-14(11-18(23)26-16(15)10-13)12-21-6-8-22(9-7-21)28(24,25)19-5-4-17(20)27-19/h2-5,10-11H,6-9,12H2,1H3. The van der Waals surface area contributed by atoms with Gasteiger partial charge in [0.05, 0.1) is 3.79 Å². The van der Waals surface area contributed by atoms with E-state index >= 15 is 0 Å². The van der Waals surface area contributed by atoms with E-state index in [-0.39, 0.29) is 5.63 Å². The number of thiophene rings is 1. The summed E-state index contributed by atoms with van der Waals surface area (Å²) in [5.74, 6) is 0. The lowest BCUT2D eigenvalue weighted by Crippen LogP contribution is -2.48. The molecule has 0 bridgehead atoms. The summed E-state index contributed by atoms with van der Waals surface area (Å²) < 4.78 is 33.5. The Balaban J connectivity index is 1.49. The lowest BCUT2D eigenvalue weighted by atomic mass is 10.1. The average Bonchev–Trinajstić information content (AvgIpc) is 3.09. The van der Waals surface area contributed by atoms with E-state index in [9.17, 15) is 13.2 Å². The maximum absolute atomic E-state index is 12.8. The third-order valence-electron chi connectivity index (χ3n) is 4.85. The van der Waals surface area contributed by atoms with Gasteiger partial charge < -0.3 is 4.42 Å². The number of hydrogen-bond acceptors (Lipinski definition) is 6. The molecular formula is C19H19BrN2O4S2. The number of piperazine rings is 1. The molecule has 148 valence electrons. The van der Waals surface area contributed by atoms with E-state index < -0.39 is 10.0 Å². The van der Waals surface area contributed by atoms with Crippen molar-refractivity contribution in [3.63, 3.8) is 0 Å². The second-order valence-electron chi connectivity index (χ2n) is 6.83. The zero-order valence-electron chi connectivity index (χ0n) is 15.2. The Kier molecular flexibility index (Phi) is 5.45. The van der Waals surface area contributed by atoms with E-state index in [1.165, 1.54) is 21.7 Å². The molecule has 1 saturated heterocycles. The first-order chi connectivity index (χ1) is 13.3. The molecule has 0 saturated carbocycles. The van der Waals surface area contributed by atoms with Crippen molar-refractivity contribution in [1.82, 2.24) is 9.21 Å². The first-order valence-electron chi connectivity index (χ1n) is 8.84. The van der Waals surface area contributed by atoms with Gasteiger partial charge in [-0.3, -0.25) is 4.90 Å². The average molecular weight is 483 g/mol. The Labute approximate surface area is 175 Å². The van der Waals surface area contributed by atoms with Crippen LogP contribution in [-0.2, 0) is 16.6 Å². The van der Waals surface area contributed by atoms with Crippen LogP contribution < -0.4 is 5.63 Å². The van der Waals surface area contributed by atoms with Gasteiger partial charge in [-0.05, 0) is 52.2 Å². The van der Waals surface area contributed by atoms with E-state index in [0.717, 1.165) is 20.3 Å². The van der Waals surface area contributed by atoms with Crippen LogP contribution in [0.15, 0.2) is 53.6 Å². The molecule has 28 heavy (non-hydrogen) atoms. The number of hydrogen-bond donors (Lipinski definition) is 0. The predicted molar refractivity (Wildman–Crippen MR) is 113 cm³/mol. The fraction of sp³-hybridized carbons (Fsp3) is 0.316. The molecule has 9 heteroatoms. The smallest absolute Gasteiger partial charge is 0.336 e. The third-order valence-corrected chi connectivity index (χ3v) is 8.84. The maximum atomic E-state index is 12.8. The summed E-state index contributed by atoms with van der Waals surface area (Å²) in [6.45, 7) is 4.62. The Bertz CT molecular complexity index is 1180. The SMILES string of the molecule is Cc1ccc2c(CN3CCN(S(=O)(=O)c4ccc(Br)s4)CC3)cc(=O)oc2c1. The molecule has 0 atom stereocenters. The van der Waals surface area contributed by atoms with Gasteiger partial charge in [0.25, 0.3) is 10.0 Å². The van der Waals surface area contributed by atoms with Gasteiger partial charge >= 0.3 is 5.63 Å². The van der Waals surface area contributed by atoms with Gasteiger partial charge in [0.15, 0.2) is 0 Å². The van der Waals surface area contributed by atoms with Crippen molar-refractivity contribution in [2.75, 3.05) is 26.2 Å². The molecule has 0 N–H and O–H groups in total. The van der Waals surface area contributed by atoms with Crippen LogP contribution >= 0.6 is 27.3 Å². The molecule has 0 radical (unpaired) electrons. The fourth-order valence-corrected chi connectivity index (χ4v) is 6.99. The molecule has 0 aliphatic carbocycles. The molecule has 1 aromatic carbocycles. The highest BCUT2D eigenvalue weighted by Crippen LogP contribution is 2.29. The number of nitrogens with zero attached hydrogens (tertiary/aromatic N) is 2. The molecule has 4 rings (SSSR count). The summed E-state index contributed by atoms with van der Waals surface area (Å²) in [4.78, 5) is 14.1. The van der Waals surface area contributed by atoms with Gasteiger partial charge in [-0.2, -0.15) is 4.31 Å². The van der Waals surface area contributed by atoms with Crippen molar-refractivity contribution < 1.29 is 12.8 Å². The predicted octanol–water partition coefficient (Wildman–Crippen LogP) is 3.43. The van der Waals surface area contributed by atoms with E-state index in [1.54, 1.807) is 12.1 Å². The lowest BCUT2D eigenvalue weighted by molar-refractivity contribution is 0.182. The van der Waals surface area contributed by atoms with Crippen LogP contribution in [0.2, 0.25) is 0 Å². The minimum Gasteiger partial charge on any atom is -0.423 e. The minimum atomic E-state index is -3.45. The Morgan fingerprint density at radius 3 is 2.54 bits per heavy atom. The monoisotopic (exact) mass is 482 g/mol. The Morgan fingerprint density at radius 1 is 1.11 bits per heavy atom. The van der Waals surface area contributed by atoms with Crippen LogP contribution in [-0.4, -0.2) is 43.8 Å². The molecule has 0 amide bonds. The highest BCUT2D eigenvalue weighted by atomic mass is 79.9. The molecule has 2 aromatic heterocycles. The lowest BCUT2D eigenvalue weighted by Gasteiger charge is -2.33. The van der Waals surface area contributed by atoms with Crippen LogP contribution in [0.4, 0.5) is 0 Å². The van der Waals surface area contributed by atoms with Gasteiger partial charge in [0, 0.05) is 44.2 Å². The summed E-state index contributed by atoms with van der Waals surface area (Å²) in [5, 5.41) is 0.920. The zero-order valence-corrected chi connectivity index (χ0v) is 18.4. The summed E-state index contributed by atoms with van der Waals surface area (Å²) in [6.07, 6.45) is 0. The van der Waals surface area contributed by atoms with Gasteiger partial charge in [0.2, 0.25) is 0 Å². The highest BCUT2D eigenvalue weighted by Gasteiger charge is 2.29. The van der Waals surface area contributed by atoms with Crippen LogP contribution in [0, 0.1) is 6.92 Å². The second kappa shape index (κ2) is 7.72. The minimum absolute atomic E-state index is 0.356. The molecule has 3 aromatic rings. The largest absolute Gasteiger partial charge is 0.423 e. The third kappa shape index (κ3) is 3.95. The van der Waals surface area contributed by atoms with Crippen molar-refractivity contribution in [2.45, 2.75) is 17.7 Å². The van der Waals surface area contributed by atoms with Gasteiger partial charge in [0.1, 0.15) is 9.79 Å². The number of benzene rings is 1.